The highest BCUT2D eigenvalue weighted by Crippen LogP contribution is 2.51. The third kappa shape index (κ3) is 2.58. The van der Waals surface area contributed by atoms with Crippen LogP contribution in [0.5, 0.6) is 5.75 Å². The fourth-order valence-corrected chi connectivity index (χ4v) is 5.45. The number of nitrogens with one attached hydrogen (secondary N) is 1. The molecule has 1 aliphatic carbocycles. The van der Waals surface area contributed by atoms with E-state index in [-0.39, 0.29) is 11.4 Å². The molecular formula is C22H23N3O4. The highest BCUT2D eigenvalue weighted by Gasteiger charge is 2.57. The molecule has 3 N–H and O–H groups in total. The van der Waals surface area contributed by atoms with Crippen molar-refractivity contribution < 1.29 is 15.1 Å². The van der Waals surface area contributed by atoms with E-state index in [0.717, 1.165) is 40.7 Å². The molecule has 7 heteroatoms. The van der Waals surface area contributed by atoms with Crippen molar-refractivity contribution in [1.82, 2.24) is 9.88 Å². The number of rotatable bonds is 2. The number of benzene rings is 2. The fourth-order valence-electron chi connectivity index (χ4n) is 5.45. The number of fused-ring (bicyclic) bond motifs is 4. The minimum absolute atomic E-state index is 0.0506. The number of aromatic nitrogens is 1. The lowest BCUT2D eigenvalue weighted by Crippen LogP contribution is -2.65. The molecule has 0 bridgehead atoms. The van der Waals surface area contributed by atoms with Gasteiger partial charge in [-0.1, -0.05) is 12.1 Å². The van der Waals surface area contributed by atoms with E-state index in [9.17, 15) is 20.3 Å². The molecule has 1 aliphatic heterocycles. The SMILES string of the molecule is CN1CC[C@@]2(c3cccc(O)c3)Cc3[nH]c4cc([N+](=O)[O-])ccc4c3C[C@]2(O)C1. The monoisotopic (exact) mass is 393 g/mol. The lowest BCUT2D eigenvalue weighted by atomic mass is 9.56. The van der Waals surface area contributed by atoms with Crippen LogP contribution in [0.1, 0.15) is 23.2 Å². The molecule has 29 heavy (non-hydrogen) atoms. The van der Waals surface area contributed by atoms with E-state index in [1.165, 1.54) is 6.07 Å². The van der Waals surface area contributed by atoms with Gasteiger partial charge in [0.1, 0.15) is 5.75 Å². The number of nitro groups is 1. The molecule has 0 saturated carbocycles. The third-order valence-corrected chi connectivity index (χ3v) is 6.88. The van der Waals surface area contributed by atoms with Gasteiger partial charge in [-0.05, 0) is 49.3 Å². The van der Waals surface area contributed by atoms with E-state index in [2.05, 4.69) is 9.88 Å². The molecule has 1 saturated heterocycles. The molecule has 0 spiro atoms. The number of nitrogens with zero attached hydrogens (tertiary/aromatic N) is 2. The standard InChI is InChI=1S/C22H23N3O4/c1-24-8-7-21(14-3-2-4-16(26)9-14)12-20-18(11-22(21,27)13-24)17-6-5-15(25(28)29)10-19(17)23-20/h2-6,9-10,23,26-27H,7-8,11-13H2,1H3/t21-,22-/m0/s1. The summed E-state index contributed by atoms with van der Waals surface area (Å²) in [6, 6.07) is 12.1. The summed E-state index contributed by atoms with van der Waals surface area (Å²) in [4.78, 5) is 16.3. The molecule has 0 amide bonds. The van der Waals surface area contributed by atoms with Crippen molar-refractivity contribution in [1.29, 1.82) is 0 Å². The molecule has 2 aromatic carbocycles. The zero-order chi connectivity index (χ0) is 20.4. The number of phenolic OH excluding ortho intramolecular Hbond substituents is 1. The Morgan fingerprint density at radius 1 is 1.21 bits per heavy atom. The van der Waals surface area contributed by atoms with Crippen molar-refractivity contribution >= 4 is 16.6 Å². The number of aliphatic hydroxyl groups is 1. The van der Waals surface area contributed by atoms with E-state index in [0.29, 0.717) is 19.4 Å². The van der Waals surface area contributed by atoms with Crippen molar-refractivity contribution in [2.24, 2.45) is 0 Å². The fraction of sp³-hybridized carbons (Fsp3) is 0.364. The molecule has 1 aromatic heterocycles. The highest BCUT2D eigenvalue weighted by molar-refractivity contribution is 5.87. The third-order valence-electron chi connectivity index (χ3n) is 6.88. The summed E-state index contributed by atoms with van der Waals surface area (Å²) in [5.41, 5.74) is 2.22. The number of aromatic hydroxyl groups is 1. The van der Waals surface area contributed by atoms with Crippen LogP contribution in [-0.2, 0) is 18.3 Å². The number of phenols is 1. The molecule has 1 fully saturated rings. The van der Waals surface area contributed by atoms with Crippen molar-refractivity contribution in [3.63, 3.8) is 0 Å². The maximum absolute atomic E-state index is 12.0. The summed E-state index contributed by atoms with van der Waals surface area (Å²) < 4.78 is 0. The zero-order valence-electron chi connectivity index (χ0n) is 16.2. The molecule has 7 nitrogen and oxygen atoms in total. The van der Waals surface area contributed by atoms with Gasteiger partial charge in [0.2, 0.25) is 0 Å². The Bertz CT molecular complexity index is 1140. The molecule has 2 aliphatic rings. The Morgan fingerprint density at radius 2 is 2.03 bits per heavy atom. The number of β-amino-alcohol motifs (C(OH)–C–C–N with tert-alkyl or cyclic N) is 1. The van der Waals surface area contributed by atoms with Crippen LogP contribution in [-0.4, -0.2) is 50.8 Å². The van der Waals surface area contributed by atoms with Crippen LogP contribution in [0.4, 0.5) is 5.69 Å². The van der Waals surface area contributed by atoms with Gasteiger partial charge in [-0.2, -0.15) is 0 Å². The summed E-state index contributed by atoms with van der Waals surface area (Å²) in [7, 11) is 2.01. The Morgan fingerprint density at radius 3 is 2.79 bits per heavy atom. The predicted octanol–water partition coefficient (Wildman–Crippen LogP) is 2.88. The van der Waals surface area contributed by atoms with Crippen LogP contribution in [0.25, 0.3) is 10.9 Å². The minimum Gasteiger partial charge on any atom is -0.508 e. The summed E-state index contributed by atoms with van der Waals surface area (Å²) in [6.07, 6.45) is 1.82. The average molecular weight is 393 g/mol. The molecule has 150 valence electrons. The quantitative estimate of drug-likeness (QED) is 0.459. The number of hydrogen-bond acceptors (Lipinski definition) is 5. The van der Waals surface area contributed by atoms with E-state index in [4.69, 9.17) is 0 Å². The van der Waals surface area contributed by atoms with Gasteiger partial charge in [-0.25, -0.2) is 0 Å². The first-order valence-electron chi connectivity index (χ1n) is 9.80. The molecule has 0 unspecified atom stereocenters. The van der Waals surface area contributed by atoms with Gasteiger partial charge in [0.05, 0.1) is 16.0 Å². The Hall–Kier alpha value is -2.90. The number of likely N-dealkylation sites (tertiary alicyclic amines) is 1. The zero-order valence-corrected chi connectivity index (χ0v) is 16.2. The van der Waals surface area contributed by atoms with Crippen molar-refractivity contribution in [2.75, 3.05) is 20.1 Å². The van der Waals surface area contributed by atoms with Gasteiger partial charge in [0.25, 0.3) is 5.69 Å². The largest absolute Gasteiger partial charge is 0.508 e. The summed E-state index contributed by atoms with van der Waals surface area (Å²) in [6.45, 7) is 1.38. The first kappa shape index (κ1) is 18.1. The van der Waals surface area contributed by atoms with Crippen molar-refractivity contribution in [3.8, 4) is 5.75 Å². The molecule has 2 heterocycles. The number of hydrogen-bond donors (Lipinski definition) is 3. The van der Waals surface area contributed by atoms with Crippen molar-refractivity contribution in [2.45, 2.75) is 30.3 Å². The highest BCUT2D eigenvalue weighted by atomic mass is 16.6. The lowest BCUT2D eigenvalue weighted by Gasteiger charge is -2.55. The molecule has 5 rings (SSSR count). The van der Waals surface area contributed by atoms with Crippen LogP contribution in [0, 0.1) is 10.1 Å². The topological polar surface area (TPSA) is 103 Å². The number of non-ortho nitro benzene ring substituents is 1. The minimum atomic E-state index is -1.00. The van der Waals surface area contributed by atoms with Gasteiger partial charge < -0.3 is 20.1 Å². The molecule has 3 aromatic rings. The van der Waals surface area contributed by atoms with Gasteiger partial charge in [-0.3, -0.25) is 10.1 Å². The van der Waals surface area contributed by atoms with Gasteiger partial charge in [0, 0.05) is 48.0 Å². The summed E-state index contributed by atoms with van der Waals surface area (Å²) >= 11 is 0. The van der Waals surface area contributed by atoms with E-state index >= 15 is 0 Å². The van der Waals surface area contributed by atoms with Gasteiger partial charge >= 0.3 is 0 Å². The second-order valence-corrected chi connectivity index (χ2v) is 8.57. The van der Waals surface area contributed by atoms with E-state index in [1.54, 1.807) is 24.3 Å². The number of aromatic amines is 1. The second kappa shape index (κ2) is 6.05. The van der Waals surface area contributed by atoms with Gasteiger partial charge in [-0.15, -0.1) is 0 Å². The van der Waals surface area contributed by atoms with Crippen LogP contribution in [0.2, 0.25) is 0 Å². The van der Waals surface area contributed by atoms with Crippen LogP contribution >= 0.6 is 0 Å². The Labute approximate surface area is 167 Å². The van der Waals surface area contributed by atoms with E-state index < -0.39 is 15.9 Å². The van der Waals surface area contributed by atoms with Crippen LogP contribution < -0.4 is 0 Å². The maximum atomic E-state index is 12.0. The Balaban J connectivity index is 1.70. The smallest absolute Gasteiger partial charge is 0.271 e. The first-order valence-corrected chi connectivity index (χ1v) is 9.80. The molecular weight excluding hydrogens is 370 g/mol. The number of nitro benzene ring substituents is 1. The molecule has 0 radical (unpaired) electrons. The summed E-state index contributed by atoms with van der Waals surface area (Å²) in [5.74, 6) is 0.191. The normalized spacial score (nSPS) is 26.8. The number of piperidine rings is 1. The molecule has 2 atom stereocenters. The summed E-state index contributed by atoms with van der Waals surface area (Å²) in [5, 5.41) is 34.2. The van der Waals surface area contributed by atoms with Crippen LogP contribution in [0.3, 0.4) is 0 Å². The second-order valence-electron chi connectivity index (χ2n) is 8.57. The number of H-pyrrole nitrogens is 1. The van der Waals surface area contributed by atoms with Gasteiger partial charge in [0.15, 0.2) is 0 Å². The lowest BCUT2D eigenvalue weighted by molar-refractivity contribution is -0.384. The first-order chi connectivity index (χ1) is 13.8. The predicted molar refractivity (Wildman–Crippen MR) is 109 cm³/mol. The maximum Gasteiger partial charge on any atom is 0.271 e. The average Bonchev–Trinajstić information content (AvgIpc) is 3.01. The van der Waals surface area contributed by atoms with Crippen LogP contribution in [0.15, 0.2) is 42.5 Å². The Kier molecular flexibility index (Phi) is 3.78. The van der Waals surface area contributed by atoms with Crippen molar-refractivity contribution in [3.05, 3.63) is 69.4 Å². The van der Waals surface area contributed by atoms with E-state index in [1.807, 2.05) is 19.2 Å². The number of likely N-dealkylation sites (N-methyl/N-ethyl adjacent to an activating group) is 1.